The third-order valence-corrected chi connectivity index (χ3v) is 3.40. The smallest absolute Gasteiger partial charge is 0.321 e. The van der Waals surface area contributed by atoms with Gasteiger partial charge in [-0.15, -0.1) is 0 Å². The summed E-state index contributed by atoms with van der Waals surface area (Å²) in [5.41, 5.74) is 0.643. The fourth-order valence-electron chi connectivity index (χ4n) is 2.36. The van der Waals surface area contributed by atoms with Crippen LogP contribution in [0.25, 0.3) is 0 Å². The van der Waals surface area contributed by atoms with Crippen molar-refractivity contribution in [2.75, 3.05) is 32.1 Å². The van der Waals surface area contributed by atoms with E-state index in [1.165, 1.54) is 0 Å². The predicted molar refractivity (Wildman–Crippen MR) is 80.0 cm³/mol. The summed E-state index contributed by atoms with van der Waals surface area (Å²) < 4.78 is 10.7. The van der Waals surface area contributed by atoms with Crippen molar-refractivity contribution in [3.05, 3.63) is 18.2 Å². The first-order chi connectivity index (χ1) is 10.1. The SMILES string of the molecule is CCOc1cc(NC(=O)N2CCCC(O)C2)ccc1OC. The number of ether oxygens (including phenoxy) is 2. The van der Waals surface area contributed by atoms with Gasteiger partial charge in [-0.3, -0.25) is 0 Å². The summed E-state index contributed by atoms with van der Waals surface area (Å²) >= 11 is 0. The Hall–Kier alpha value is -1.95. The lowest BCUT2D eigenvalue weighted by molar-refractivity contribution is 0.0883. The molecule has 0 spiro atoms. The Morgan fingerprint density at radius 1 is 1.48 bits per heavy atom. The summed E-state index contributed by atoms with van der Waals surface area (Å²) in [5.74, 6) is 1.22. The quantitative estimate of drug-likeness (QED) is 0.892. The first-order valence-electron chi connectivity index (χ1n) is 7.19. The third-order valence-electron chi connectivity index (χ3n) is 3.40. The second-order valence-corrected chi connectivity index (χ2v) is 4.97. The van der Waals surface area contributed by atoms with Crippen LogP contribution < -0.4 is 14.8 Å². The summed E-state index contributed by atoms with van der Waals surface area (Å²) in [5, 5.41) is 12.4. The summed E-state index contributed by atoms with van der Waals surface area (Å²) in [4.78, 5) is 13.8. The molecule has 1 atom stereocenters. The molecule has 0 aliphatic carbocycles. The molecule has 1 aromatic carbocycles. The minimum absolute atomic E-state index is 0.207. The number of nitrogens with one attached hydrogen (secondary N) is 1. The summed E-state index contributed by atoms with van der Waals surface area (Å²) in [6.45, 7) is 3.45. The van der Waals surface area contributed by atoms with Gasteiger partial charge < -0.3 is 24.8 Å². The molecule has 0 radical (unpaired) electrons. The van der Waals surface area contributed by atoms with Crippen molar-refractivity contribution in [2.45, 2.75) is 25.9 Å². The number of anilines is 1. The topological polar surface area (TPSA) is 71.0 Å². The highest BCUT2D eigenvalue weighted by Gasteiger charge is 2.22. The zero-order chi connectivity index (χ0) is 15.2. The lowest BCUT2D eigenvalue weighted by Crippen LogP contribution is -2.44. The minimum Gasteiger partial charge on any atom is -0.493 e. The number of aliphatic hydroxyl groups excluding tert-OH is 1. The Labute approximate surface area is 124 Å². The van der Waals surface area contributed by atoms with Crippen molar-refractivity contribution in [2.24, 2.45) is 0 Å². The van der Waals surface area contributed by atoms with E-state index in [1.807, 2.05) is 6.92 Å². The van der Waals surface area contributed by atoms with Gasteiger partial charge in [0.05, 0.1) is 19.8 Å². The number of carbonyl (C=O) groups excluding carboxylic acids is 1. The maximum absolute atomic E-state index is 12.2. The zero-order valence-corrected chi connectivity index (χ0v) is 12.5. The molecule has 6 nitrogen and oxygen atoms in total. The molecule has 1 aliphatic heterocycles. The van der Waals surface area contributed by atoms with Crippen molar-refractivity contribution in [1.82, 2.24) is 4.90 Å². The molecule has 6 heteroatoms. The second-order valence-electron chi connectivity index (χ2n) is 4.97. The molecule has 116 valence electrons. The molecule has 2 N–H and O–H groups in total. The number of piperidine rings is 1. The van der Waals surface area contributed by atoms with Gasteiger partial charge in [0, 0.05) is 24.8 Å². The number of aliphatic hydroxyl groups is 1. The number of benzene rings is 1. The number of amides is 2. The molecule has 2 amide bonds. The molecule has 1 aliphatic rings. The molecule has 1 heterocycles. The van der Waals surface area contributed by atoms with Crippen LogP contribution in [-0.4, -0.2) is 48.9 Å². The standard InChI is InChI=1S/C15H22N2O4/c1-3-21-14-9-11(6-7-13(14)20-2)16-15(19)17-8-4-5-12(18)10-17/h6-7,9,12,18H,3-5,8,10H2,1-2H3,(H,16,19). The van der Waals surface area contributed by atoms with E-state index in [-0.39, 0.29) is 6.03 Å². The van der Waals surface area contributed by atoms with E-state index in [9.17, 15) is 9.90 Å². The molecule has 1 fully saturated rings. The van der Waals surface area contributed by atoms with Crippen LogP contribution in [0.4, 0.5) is 10.5 Å². The lowest BCUT2D eigenvalue weighted by atomic mass is 10.1. The largest absolute Gasteiger partial charge is 0.493 e. The maximum Gasteiger partial charge on any atom is 0.321 e. The van der Waals surface area contributed by atoms with Crippen LogP contribution in [0.3, 0.4) is 0 Å². The van der Waals surface area contributed by atoms with Crippen molar-refractivity contribution >= 4 is 11.7 Å². The van der Waals surface area contributed by atoms with Crippen molar-refractivity contribution < 1.29 is 19.4 Å². The number of nitrogens with zero attached hydrogens (tertiary/aromatic N) is 1. The van der Waals surface area contributed by atoms with E-state index in [0.717, 1.165) is 12.8 Å². The first kappa shape index (κ1) is 15.4. The molecule has 0 bridgehead atoms. The van der Waals surface area contributed by atoms with Crippen LogP contribution in [0.15, 0.2) is 18.2 Å². The minimum atomic E-state index is -0.431. The molecule has 0 saturated carbocycles. The van der Waals surface area contributed by atoms with Gasteiger partial charge >= 0.3 is 6.03 Å². The lowest BCUT2D eigenvalue weighted by Gasteiger charge is -2.30. The van der Waals surface area contributed by atoms with Crippen molar-refractivity contribution in [3.63, 3.8) is 0 Å². The molecule has 1 saturated heterocycles. The Kier molecular flexibility index (Phi) is 5.27. The fourth-order valence-corrected chi connectivity index (χ4v) is 2.36. The van der Waals surface area contributed by atoms with Gasteiger partial charge in [0.25, 0.3) is 0 Å². The van der Waals surface area contributed by atoms with Crippen molar-refractivity contribution in [1.29, 1.82) is 0 Å². The normalized spacial score (nSPS) is 18.2. The molecule has 0 aromatic heterocycles. The molecule has 2 rings (SSSR count). The molecule has 1 aromatic rings. The van der Waals surface area contributed by atoms with Gasteiger partial charge in [-0.2, -0.15) is 0 Å². The molecule has 1 unspecified atom stereocenters. The van der Waals surface area contributed by atoms with Gasteiger partial charge in [0.1, 0.15) is 0 Å². The van der Waals surface area contributed by atoms with Gasteiger partial charge in [-0.1, -0.05) is 0 Å². The second kappa shape index (κ2) is 7.17. The average molecular weight is 294 g/mol. The molecular formula is C15H22N2O4. The van der Waals surface area contributed by atoms with Crippen LogP contribution in [0, 0.1) is 0 Å². The Balaban J connectivity index is 2.04. The number of hydrogen-bond acceptors (Lipinski definition) is 4. The highest BCUT2D eigenvalue weighted by molar-refractivity contribution is 5.89. The first-order valence-corrected chi connectivity index (χ1v) is 7.19. The van der Waals surface area contributed by atoms with Crippen LogP contribution in [0.5, 0.6) is 11.5 Å². The van der Waals surface area contributed by atoms with E-state index in [2.05, 4.69) is 5.32 Å². The third kappa shape index (κ3) is 4.01. The molecular weight excluding hydrogens is 272 g/mol. The van der Waals surface area contributed by atoms with Crippen molar-refractivity contribution in [3.8, 4) is 11.5 Å². The van der Waals surface area contributed by atoms with Crippen LogP contribution in [0.1, 0.15) is 19.8 Å². The summed E-state index contributed by atoms with van der Waals surface area (Å²) in [7, 11) is 1.57. The van der Waals surface area contributed by atoms with E-state index >= 15 is 0 Å². The van der Waals surface area contributed by atoms with Crippen LogP contribution in [0.2, 0.25) is 0 Å². The zero-order valence-electron chi connectivity index (χ0n) is 12.5. The van der Waals surface area contributed by atoms with Gasteiger partial charge in [0.15, 0.2) is 11.5 Å². The number of hydrogen-bond donors (Lipinski definition) is 2. The van der Waals surface area contributed by atoms with Gasteiger partial charge in [-0.25, -0.2) is 4.79 Å². The highest BCUT2D eigenvalue weighted by Crippen LogP contribution is 2.30. The number of rotatable bonds is 4. The van der Waals surface area contributed by atoms with Crippen LogP contribution >= 0.6 is 0 Å². The number of carbonyl (C=O) groups is 1. The van der Waals surface area contributed by atoms with E-state index in [1.54, 1.807) is 30.2 Å². The maximum atomic E-state index is 12.2. The average Bonchev–Trinajstić information content (AvgIpc) is 2.48. The van der Waals surface area contributed by atoms with Crippen LogP contribution in [-0.2, 0) is 0 Å². The highest BCUT2D eigenvalue weighted by atomic mass is 16.5. The number of likely N-dealkylation sites (tertiary alicyclic amines) is 1. The van der Waals surface area contributed by atoms with E-state index in [0.29, 0.717) is 36.9 Å². The number of urea groups is 1. The number of methoxy groups -OCH3 is 1. The predicted octanol–water partition coefficient (Wildman–Crippen LogP) is 2.08. The monoisotopic (exact) mass is 294 g/mol. The Bertz CT molecular complexity index is 493. The summed E-state index contributed by atoms with van der Waals surface area (Å²) in [6, 6.07) is 5.05. The Morgan fingerprint density at radius 2 is 2.29 bits per heavy atom. The van der Waals surface area contributed by atoms with Gasteiger partial charge in [0.2, 0.25) is 0 Å². The van der Waals surface area contributed by atoms with E-state index in [4.69, 9.17) is 9.47 Å². The van der Waals surface area contributed by atoms with Gasteiger partial charge in [-0.05, 0) is 31.9 Å². The number of β-amino-alcohol motifs (C(OH)–C–C–N with tert-alkyl or cyclic N) is 1. The fraction of sp³-hybridized carbons (Fsp3) is 0.533. The Morgan fingerprint density at radius 3 is 2.95 bits per heavy atom. The van der Waals surface area contributed by atoms with E-state index < -0.39 is 6.10 Å². The molecule has 21 heavy (non-hydrogen) atoms. The summed E-state index contributed by atoms with van der Waals surface area (Å²) in [6.07, 6.45) is 1.14.